The Hall–Kier alpha value is -2.49. The molecule has 1 atom stereocenters. The van der Waals surface area contributed by atoms with Crippen molar-refractivity contribution in [3.8, 4) is 5.69 Å². The number of piperazine rings is 1. The topological polar surface area (TPSA) is 69.5 Å². The van der Waals surface area contributed by atoms with E-state index in [1.54, 1.807) is 11.3 Å². The van der Waals surface area contributed by atoms with Gasteiger partial charge in [-0.1, -0.05) is 36.5 Å². The lowest BCUT2D eigenvalue weighted by Gasteiger charge is -2.34. The molecular weight excluding hydrogens is 446 g/mol. The quantitative estimate of drug-likeness (QED) is 0.560. The molecule has 0 radical (unpaired) electrons. The first-order valence-corrected chi connectivity index (χ1v) is 13.3. The van der Waals surface area contributed by atoms with Crippen LogP contribution in [0, 0.1) is 12.8 Å². The van der Waals surface area contributed by atoms with Gasteiger partial charge in [0.15, 0.2) is 10.8 Å². The van der Waals surface area contributed by atoms with Gasteiger partial charge in [-0.25, -0.2) is 4.68 Å². The number of hydrogen-bond acceptors (Lipinski definition) is 7. The summed E-state index contributed by atoms with van der Waals surface area (Å²) in [6.07, 6.45) is 1.95. The Bertz CT molecular complexity index is 1100. The zero-order chi connectivity index (χ0) is 23.5. The number of fused-ring (bicyclic) bond motifs is 1. The van der Waals surface area contributed by atoms with Gasteiger partial charge in [0, 0.05) is 52.4 Å². The maximum absolute atomic E-state index is 12.9. The fourth-order valence-electron chi connectivity index (χ4n) is 4.98. The fourth-order valence-corrected chi connectivity index (χ4v) is 6.00. The molecule has 9 heteroatoms. The van der Waals surface area contributed by atoms with Crippen molar-refractivity contribution in [1.29, 1.82) is 0 Å². The van der Waals surface area contributed by atoms with Crippen LogP contribution < -0.4 is 10.2 Å². The molecule has 3 aromatic rings. The van der Waals surface area contributed by atoms with Crippen LogP contribution in [0.25, 0.3) is 16.0 Å². The molecule has 1 unspecified atom stereocenters. The molecule has 2 aliphatic heterocycles. The van der Waals surface area contributed by atoms with E-state index >= 15 is 0 Å². The summed E-state index contributed by atoms with van der Waals surface area (Å²) >= 11 is 1.69. The minimum absolute atomic E-state index is 0.0180. The molecule has 182 valence electrons. The van der Waals surface area contributed by atoms with Crippen molar-refractivity contribution < 1.29 is 4.79 Å². The van der Waals surface area contributed by atoms with Gasteiger partial charge in [-0.05, 0) is 38.4 Å². The number of benzene rings is 1. The number of nitrogens with zero attached hydrogens (tertiary/aromatic N) is 6. The van der Waals surface area contributed by atoms with Crippen LogP contribution in [0.4, 0.5) is 5.13 Å². The predicted octanol–water partition coefficient (Wildman–Crippen LogP) is 2.76. The van der Waals surface area contributed by atoms with E-state index in [0.717, 1.165) is 98.6 Å². The number of likely N-dealkylation sites (N-methyl/N-ethyl adjacent to an activating group) is 1. The third-order valence-electron chi connectivity index (χ3n) is 7.08. The number of nitrogens with one attached hydrogen (secondary N) is 1. The highest BCUT2D eigenvalue weighted by molar-refractivity contribution is 7.22. The van der Waals surface area contributed by atoms with E-state index in [-0.39, 0.29) is 11.8 Å². The molecule has 34 heavy (non-hydrogen) atoms. The maximum Gasteiger partial charge on any atom is 0.224 e. The standard InChI is InChI=1S/C25H35N7OS/c1-3-29-14-16-30(17-15-29)13-11-26-24(33)20-8-7-12-31(18-20)25-27-23-22(34-25)19(2)28-32(23)21-9-5-4-6-10-21/h4-6,9-10,20H,3,7-8,11-18H2,1-2H3,(H,26,33). The van der Waals surface area contributed by atoms with Gasteiger partial charge < -0.3 is 15.1 Å². The number of aromatic nitrogens is 3. The van der Waals surface area contributed by atoms with Gasteiger partial charge in [-0.3, -0.25) is 9.69 Å². The number of piperidine rings is 1. The van der Waals surface area contributed by atoms with E-state index in [1.165, 1.54) is 0 Å². The van der Waals surface area contributed by atoms with Gasteiger partial charge in [-0.15, -0.1) is 0 Å². The van der Waals surface area contributed by atoms with E-state index in [9.17, 15) is 4.79 Å². The summed E-state index contributed by atoms with van der Waals surface area (Å²) in [6, 6.07) is 10.1. The number of aryl methyl sites for hydroxylation is 1. The van der Waals surface area contributed by atoms with Crippen LogP contribution in [-0.2, 0) is 4.79 Å². The minimum atomic E-state index is 0.0180. The summed E-state index contributed by atoms with van der Waals surface area (Å²) in [7, 11) is 0. The predicted molar refractivity (Wildman–Crippen MR) is 138 cm³/mol. The molecule has 4 heterocycles. The molecule has 2 aromatic heterocycles. The van der Waals surface area contributed by atoms with Gasteiger partial charge in [-0.2, -0.15) is 10.1 Å². The molecule has 0 aliphatic carbocycles. The smallest absolute Gasteiger partial charge is 0.224 e. The molecule has 2 aliphatic rings. The Kier molecular flexibility index (Phi) is 7.12. The van der Waals surface area contributed by atoms with Crippen molar-refractivity contribution in [2.24, 2.45) is 5.92 Å². The second-order valence-corrected chi connectivity index (χ2v) is 10.3. The zero-order valence-corrected chi connectivity index (χ0v) is 21.1. The largest absolute Gasteiger partial charge is 0.355 e. The summed E-state index contributed by atoms with van der Waals surface area (Å²) in [5.74, 6) is 0.203. The highest BCUT2D eigenvalue weighted by atomic mass is 32.1. The van der Waals surface area contributed by atoms with Crippen molar-refractivity contribution in [2.75, 3.05) is 63.8 Å². The summed E-state index contributed by atoms with van der Waals surface area (Å²) in [5, 5.41) is 8.90. The Labute approximate surface area is 205 Å². The lowest BCUT2D eigenvalue weighted by molar-refractivity contribution is -0.125. The summed E-state index contributed by atoms with van der Waals surface area (Å²) in [4.78, 5) is 25.1. The first-order valence-electron chi connectivity index (χ1n) is 12.5. The van der Waals surface area contributed by atoms with E-state index in [4.69, 9.17) is 10.1 Å². The number of para-hydroxylation sites is 1. The highest BCUT2D eigenvalue weighted by Crippen LogP contribution is 2.34. The first kappa shape index (κ1) is 23.3. The average molecular weight is 482 g/mol. The number of rotatable bonds is 7. The number of amides is 1. The van der Waals surface area contributed by atoms with Gasteiger partial charge in [0.2, 0.25) is 5.91 Å². The monoisotopic (exact) mass is 481 g/mol. The lowest BCUT2D eigenvalue weighted by Crippen LogP contribution is -2.49. The number of anilines is 1. The molecule has 8 nitrogen and oxygen atoms in total. The van der Waals surface area contributed by atoms with Crippen LogP contribution in [0.3, 0.4) is 0 Å². The van der Waals surface area contributed by atoms with E-state index in [0.29, 0.717) is 0 Å². The second kappa shape index (κ2) is 10.4. The maximum atomic E-state index is 12.9. The molecule has 0 spiro atoms. The third kappa shape index (κ3) is 4.96. The molecule has 5 rings (SSSR count). The van der Waals surface area contributed by atoms with E-state index in [1.807, 2.05) is 29.8 Å². The number of thiazole rings is 1. The molecule has 1 amide bonds. The summed E-state index contributed by atoms with van der Waals surface area (Å²) in [6.45, 7) is 13.2. The number of hydrogen-bond donors (Lipinski definition) is 1. The van der Waals surface area contributed by atoms with E-state index in [2.05, 4.69) is 39.1 Å². The zero-order valence-electron chi connectivity index (χ0n) is 20.2. The second-order valence-electron chi connectivity index (χ2n) is 9.33. The van der Waals surface area contributed by atoms with Crippen molar-refractivity contribution in [3.05, 3.63) is 36.0 Å². The Morgan fingerprint density at radius 1 is 1.12 bits per heavy atom. The van der Waals surface area contributed by atoms with Crippen LogP contribution in [0.15, 0.2) is 30.3 Å². The number of carbonyl (C=O) groups excluding carboxylic acids is 1. The van der Waals surface area contributed by atoms with Gasteiger partial charge in [0.05, 0.1) is 22.0 Å². The SMILES string of the molecule is CCN1CCN(CCNC(=O)C2CCCN(c3nc4c(s3)c(C)nn4-c3ccccc3)C2)CC1. The van der Waals surface area contributed by atoms with Crippen LogP contribution in [0.2, 0.25) is 0 Å². The van der Waals surface area contributed by atoms with Crippen LogP contribution in [0.1, 0.15) is 25.5 Å². The summed E-state index contributed by atoms with van der Waals surface area (Å²) < 4.78 is 3.05. The average Bonchev–Trinajstić information content (AvgIpc) is 3.45. The van der Waals surface area contributed by atoms with Gasteiger partial charge in [0.1, 0.15) is 0 Å². The van der Waals surface area contributed by atoms with Crippen LogP contribution >= 0.6 is 11.3 Å². The molecule has 1 aromatic carbocycles. The Morgan fingerprint density at radius 3 is 2.65 bits per heavy atom. The van der Waals surface area contributed by atoms with Gasteiger partial charge in [0.25, 0.3) is 0 Å². The Morgan fingerprint density at radius 2 is 1.88 bits per heavy atom. The fraction of sp³-hybridized carbons (Fsp3) is 0.560. The van der Waals surface area contributed by atoms with Crippen LogP contribution in [0.5, 0.6) is 0 Å². The molecular formula is C25H35N7OS. The molecule has 2 saturated heterocycles. The normalized spacial score (nSPS) is 20.2. The van der Waals surface area contributed by atoms with Crippen molar-refractivity contribution in [2.45, 2.75) is 26.7 Å². The van der Waals surface area contributed by atoms with Gasteiger partial charge >= 0.3 is 0 Å². The Balaban J connectivity index is 1.19. The molecule has 1 N–H and O–H groups in total. The van der Waals surface area contributed by atoms with Crippen molar-refractivity contribution in [1.82, 2.24) is 29.9 Å². The highest BCUT2D eigenvalue weighted by Gasteiger charge is 2.28. The first-order chi connectivity index (χ1) is 16.6. The molecule has 0 saturated carbocycles. The summed E-state index contributed by atoms with van der Waals surface area (Å²) in [5.41, 5.74) is 2.91. The molecule has 0 bridgehead atoms. The van der Waals surface area contributed by atoms with Crippen LogP contribution in [-0.4, -0.2) is 89.4 Å². The minimum Gasteiger partial charge on any atom is -0.355 e. The lowest BCUT2D eigenvalue weighted by atomic mass is 9.97. The van der Waals surface area contributed by atoms with Crippen molar-refractivity contribution in [3.63, 3.8) is 0 Å². The van der Waals surface area contributed by atoms with Crippen molar-refractivity contribution >= 4 is 32.7 Å². The van der Waals surface area contributed by atoms with E-state index < -0.39 is 0 Å². The third-order valence-corrected chi connectivity index (χ3v) is 8.29. The molecule has 2 fully saturated rings. The number of carbonyl (C=O) groups is 1.